The number of nitrogens with zero attached hydrogens (tertiary/aromatic N) is 12. The van der Waals surface area contributed by atoms with Crippen LogP contribution in [0.15, 0.2) is 82.0 Å². The predicted octanol–water partition coefficient (Wildman–Crippen LogP) is 11.1. The smallest absolute Gasteiger partial charge is 0.406 e. The molecule has 71 heavy (non-hydrogen) atoms. The predicted molar refractivity (Wildman–Crippen MR) is 263 cm³/mol. The Bertz CT molecular complexity index is 3380. The van der Waals surface area contributed by atoms with Crippen LogP contribution in [0.5, 0.6) is 5.75 Å². The van der Waals surface area contributed by atoms with Crippen molar-refractivity contribution >= 4 is 66.2 Å². The second-order valence-corrected chi connectivity index (χ2v) is 19.6. The Kier molecular flexibility index (Phi) is 17.3. The summed E-state index contributed by atoms with van der Waals surface area (Å²) in [5.41, 5.74) is 6.15. The van der Waals surface area contributed by atoms with E-state index in [2.05, 4.69) is 57.0 Å². The van der Waals surface area contributed by atoms with Crippen LogP contribution < -0.4 is 4.74 Å². The molecule has 8 aromatic rings. The van der Waals surface area contributed by atoms with Crippen molar-refractivity contribution in [2.75, 3.05) is 0 Å². The third-order valence-electron chi connectivity index (χ3n) is 10.1. The molecule has 0 radical (unpaired) electrons. The van der Waals surface area contributed by atoms with Crippen LogP contribution >= 0.6 is 54.5 Å². The number of aliphatic hydroxyl groups is 1. The van der Waals surface area contributed by atoms with Gasteiger partial charge in [0.1, 0.15) is 29.9 Å². The third-order valence-corrected chi connectivity index (χ3v) is 12.9. The van der Waals surface area contributed by atoms with E-state index in [9.17, 15) is 38.5 Å². The molecule has 8 rings (SSSR count). The molecule has 6 aromatic heterocycles. The molecular formula is C46H37Br2F3N12O6S2. The first-order chi connectivity index (χ1) is 33.6. The topological polar surface area (TPSA) is 251 Å². The molecular weight excluding hydrogens is 1100 g/mol. The number of rotatable bonds is 12. The lowest BCUT2D eigenvalue weighted by Gasteiger charge is -2.18. The van der Waals surface area contributed by atoms with Crippen LogP contribution in [-0.4, -0.2) is 54.5 Å². The van der Waals surface area contributed by atoms with Crippen LogP contribution in [0.4, 0.5) is 24.8 Å². The minimum Gasteiger partial charge on any atom is -0.478 e. The number of aliphatic hydroxyl groups excluding tert-OH is 1. The first-order valence-electron chi connectivity index (χ1n) is 20.6. The number of aryl methyl sites for hydroxylation is 4. The number of nitro groups is 2. The van der Waals surface area contributed by atoms with Gasteiger partial charge in [-0.2, -0.15) is 25.1 Å². The van der Waals surface area contributed by atoms with E-state index in [0.717, 1.165) is 48.5 Å². The highest BCUT2D eigenvalue weighted by Crippen LogP contribution is 2.39. The number of hydrogen-bond acceptors (Lipinski definition) is 16. The fourth-order valence-electron chi connectivity index (χ4n) is 6.99. The minimum absolute atomic E-state index is 0.0410. The van der Waals surface area contributed by atoms with Crippen molar-refractivity contribution in [3.8, 4) is 40.4 Å². The fourth-order valence-corrected chi connectivity index (χ4v) is 9.54. The van der Waals surface area contributed by atoms with Crippen molar-refractivity contribution < 1.29 is 32.9 Å². The van der Waals surface area contributed by atoms with E-state index in [0.29, 0.717) is 55.6 Å². The molecule has 6 heterocycles. The van der Waals surface area contributed by atoms with Gasteiger partial charge in [-0.3, -0.25) is 9.36 Å². The number of halogens is 5. The Labute approximate surface area is 427 Å². The summed E-state index contributed by atoms with van der Waals surface area (Å²) in [6, 6.07) is 18.7. The van der Waals surface area contributed by atoms with Gasteiger partial charge in [0, 0.05) is 76.9 Å². The van der Waals surface area contributed by atoms with Crippen LogP contribution in [0, 0.1) is 74.2 Å². The van der Waals surface area contributed by atoms with Crippen molar-refractivity contribution in [1.29, 1.82) is 10.5 Å². The van der Waals surface area contributed by atoms with Gasteiger partial charge in [0.15, 0.2) is 23.8 Å². The lowest BCUT2D eigenvalue weighted by atomic mass is 9.98. The monoisotopic (exact) mass is 1130 g/mol. The van der Waals surface area contributed by atoms with Crippen molar-refractivity contribution in [3.63, 3.8) is 0 Å². The van der Waals surface area contributed by atoms with Gasteiger partial charge in [0.2, 0.25) is 11.6 Å². The summed E-state index contributed by atoms with van der Waals surface area (Å²) in [5.74, 6) is -3.04. The van der Waals surface area contributed by atoms with E-state index in [1.807, 2.05) is 26.0 Å². The maximum atomic E-state index is 14.3. The molecule has 0 amide bonds. The zero-order chi connectivity index (χ0) is 51.8. The molecule has 0 spiro atoms. The lowest BCUT2D eigenvalue weighted by Crippen LogP contribution is -2.08. The number of nitriles is 2. The summed E-state index contributed by atoms with van der Waals surface area (Å²) < 4.78 is 50.6. The summed E-state index contributed by atoms with van der Waals surface area (Å²) in [5, 5.41) is 59.6. The van der Waals surface area contributed by atoms with E-state index in [1.165, 1.54) is 54.1 Å². The summed E-state index contributed by atoms with van der Waals surface area (Å²) in [6.45, 7) is 7.08. The standard InChI is InChI=1S/C23H18BrFN6O3S.C18H17FN4OS.C5H2BrFN2O2/c1-12(34-20-6-14(24)11-27-23(20)31(32)33)19-7-15(25)4-5-18(19)22-21(35-13(2)28-22)9-17-8-16(10-26)29-30(17)3;1-10(24)16-6-12(19)4-5-15(16)18-17(25-11(2)21-18)8-14-7-13(9-20)22-23(14)3;6-3-1-4(7)5(8-2-3)9(10)11/h4-8,11-12H,9H2,1-3H3;4-7,10,24H,8H2,1-3H3;1-2H/t12-;10-;/m11./s1. The first-order valence-corrected chi connectivity index (χ1v) is 23.9. The molecule has 0 saturated heterocycles. The van der Waals surface area contributed by atoms with Crippen LogP contribution in [-0.2, 0) is 26.9 Å². The molecule has 1 N–H and O–H groups in total. The van der Waals surface area contributed by atoms with Crippen molar-refractivity contribution in [3.05, 3.63) is 173 Å². The molecule has 25 heteroatoms. The van der Waals surface area contributed by atoms with E-state index >= 15 is 0 Å². The van der Waals surface area contributed by atoms with Gasteiger partial charge >= 0.3 is 11.6 Å². The number of thiazole rings is 2. The van der Waals surface area contributed by atoms with Crippen LogP contribution in [0.1, 0.15) is 79.7 Å². The van der Waals surface area contributed by atoms with Gasteiger partial charge in [-0.1, -0.05) is 0 Å². The zero-order valence-corrected chi connectivity index (χ0v) is 42.9. The van der Waals surface area contributed by atoms with Gasteiger partial charge in [0.05, 0.1) is 36.5 Å². The SMILES string of the molecule is Cc1nc(-c2ccc(F)cc2[C@@H](C)O)c(Cc2cc(C#N)nn2C)s1.Cc1nc(-c2ccc(F)cc2[C@@H](C)Oc2cc(Br)cnc2[N+](=O)[O-])c(Cc2cc(C#N)nn2C)s1.O=[N+]([O-])c1ncc(Br)cc1F. The molecule has 0 saturated carbocycles. The molecule has 0 fully saturated rings. The highest BCUT2D eigenvalue weighted by atomic mass is 79.9. The van der Waals surface area contributed by atoms with E-state index in [1.54, 1.807) is 72.9 Å². The van der Waals surface area contributed by atoms with E-state index in [4.69, 9.17) is 20.2 Å². The molecule has 0 aliphatic heterocycles. The van der Waals surface area contributed by atoms with Gasteiger partial charge in [0.25, 0.3) is 0 Å². The minimum atomic E-state index is -0.940. The maximum absolute atomic E-state index is 14.3. The summed E-state index contributed by atoms with van der Waals surface area (Å²) in [6.07, 6.45) is 1.95. The third kappa shape index (κ3) is 13.1. The number of benzene rings is 2. The Balaban J connectivity index is 0.000000198. The lowest BCUT2D eigenvalue weighted by molar-refractivity contribution is -0.392. The van der Waals surface area contributed by atoms with Crippen molar-refractivity contribution in [2.24, 2.45) is 14.1 Å². The second kappa shape index (κ2) is 23.1. The van der Waals surface area contributed by atoms with Gasteiger partial charge in [-0.25, -0.2) is 18.7 Å². The summed E-state index contributed by atoms with van der Waals surface area (Å²) in [7, 11) is 3.56. The maximum Gasteiger partial charge on any atom is 0.406 e. The zero-order valence-electron chi connectivity index (χ0n) is 38.1. The molecule has 0 unspecified atom stereocenters. The Hall–Kier alpha value is -7.29. The number of pyridine rings is 2. The molecule has 0 bridgehead atoms. The van der Waals surface area contributed by atoms with Crippen LogP contribution in [0.2, 0.25) is 0 Å². The average Bonchev–Trinajstić information content (AvgIpc) is 4.08. The molecule has 0 aliphatic carbocycles. The molecule has 2 aromatic carbocycles. The largest absolute Gasteiger partial charge is 0.478 e. The van der Waals surface area contributed by atoms with Crippen molar-refractivity contribution in [1.82, 2.24) is 39.5 Å². The van der Waals surface area contributed by atoms with Gasteiger partial charge < -0.3 is 30.1 Å². The summed E-state index contributed by atoms with van der Waals surface area (Å²) in [4.78, 5) is 38.2. The highest BCUT2D eigenvalue weighted by molar-refractivity contribution is 9.10. The number of ether oxygens (including phenoxy) is 1. The fraction of sp³-hybridized carbons (Fsp3) is 0.217. The highest BCUT2D eigenvalue weighted by Gasteiger charge is 2.25. The molecule has 0 aliphatic rings. The Morgan fingerprint density at radius 1 is 0.732 bits per heavy atom. The van der Waals surface area contributed by atoms with Crippen molar-refractivity contribution in [2.45, 2.75) is 52.7 Å². The van der Waals surface area contributed by atoms with Gasteiger partial charge in [-0.05, 0) is 133 Å². The molecule has 364 valence electrons. The first kappa shape index (κ1) is 53.1. The normalized spacial score (nSPS) is 11.6. The average molecular weight is 1130 g/mol. The molecule has 18 nitrogen and oxygen atoms in total. The van der Waals surface area contributed by atoms with E-state index < -0.39 is 51.1 Å². The quantitative estimate of drug-likeness (QED) is 0.0882. The Morgan fingerprint density at radius 2 is 1.18 bits per heavy atom. The Morgan fingerprint density at radius 3 is 1.62 bits per heavy atom. The van der Waals surface area contributed by atoms with E-state index in [-0.39, 0.29) is 5.75 Å². The summed E-state index contributed by atoms with van der Waals surface area (Å²) >= 11 is 9.21. The number of aromatic nitrogens is 8. The van der Waals surface area contributed by atoms with Crippen LogP contribution in [0.25, 0.3) is 22.5 Å². The molecule has 2 atom stereocenters. The van der Waals surface area contributed by atoms with Crippen LogP contribution in [0.3, 0.4) is 0 Å². The second-order valence-electron chi connectivity index (χ2n) is 15.2. The number of hydrogen-bond donors (Lipinski definition) is 1. The van der Waals surface area contributed by atoms with Gasteiger partial charge in [-0.15, -0.1) is 22.7 Å².